The smallest absolute Gasteiger partial charge is 0.508 e. The number of carbonyl (C=O) groups excluding carboxylic acids is 1. The maximum atomic E-state index is 11.0. The second-order valence-electron chi connectivity index (χ2n) is 5.11. The van der Waals surface area contributed by atoms with Gasteiger partial charge in [0.1, 0.15) is 11.5 Å². The number of phenols is 2. The first-order valence-electron chi connectivity index (χ1n) is 6.46. The minimum atomic E-state index is -0.751. The SMILES string of the molecule is CC(c1ccc(O)cc1)(c1ccc(O)cc1)C1OC(=O)O1. The molecule has 5 heteroatoms. The van der Waals surface area contributed by atoms with E-state index in [1.165, 1.54) is 0 Å². The van der Waals surface area contributed by atoms with Crippen LogP contribution in [-0.4, -0.2) is 22.7 Å². The van der Waals surface area contributed by atoms with Gasteiger partial charge in [-0.05, 0) is 42.3 Å². The third-order valence-electron chi connectivity index (χ3n) is 3.81. The Hall–Kier alpha value is -2.69. The van der Waals surface area contributed by atoms with Gasteiger partial charge in [-0.2, -0.15) is 0 Å². The summed E-state index contributed by atoms with van der Waals surface area (Å²) in [6.07, 6.45) is -1.46. The lowest BCUT2D eigenvalue weighted by Crippen LogP contribution is -2.50. The Morgan fingerprint density at radius 2 is 1.24 bits per heavy atom. The molecule has 0 radical (unpaired) electrons. The standard InChI is InChI=1S/C16H14O5/c1-16(14-20-15(19)21-14,10-2-6-12(17)7-3-10)11-4-8-13(18)9-5-11/h2-9,14,17-18H,1H3. The maximum absolute atomic E-state index is 11.0. The third kappa shape index (κ3) is 2.16. The van der Waals surface area contributed by atoms with Crippen LogP contribution in [0.5, 0.6) is 11.5 Å². The summed E-state index contributed by atoms with van der Waals surface area (Å²) in [7, 11) is 0. The third-order valence-corrected chi connectivity index (χ3v) is 3.81. The molecule has 1 heterocycles. The van der Waals surface area contributed by atoms with Crippen molar-refractivity contribution in [1.82, 2.24) is 0 Å². The molecule has 5 nitrogen and oxygen atoms in total. The topological polar surface area (TPSA) is 76.0 Å². The van der Waals surface area contributed by atoms with Crippen LogP contribution in [0.15, 0.2) is 48.5 Å². The van der Waals surface area contributed by atoms with Crippen molar-refractivity contribution in [1.29, 1.82) is 0 Å². The van der Waals surface area contributed by atoms with Gasteiger partial charge >= 0.3 is 6.16 Å². The zero-order valence-electron chi connectivity index (χ0n) is 11.3. The molecule has 1 fully saturated rings. The lowest BCUT2D eigenvalue weighted by Gasteiger charge is -2.41. The fraction of sp³-hybridized carbons (Fsp3) is 0.188. The number of rotatable bonds is 3. The van der Waals surface area contributed by atoms with Crippen LogP contribution in [-0.2, 0) is 14.9 Å². The quantitative estimate of drug-likeness (QED) is 0.848. The van der Waals surface area contributed by atoms with Crippen LogP contribution in [0.25, 0.3) is 0 Å². The van der Waals surface area contributed by atoms with E-state index < -0.39 is 17.9 Å². The van der Waals surface area contributed by atoms with E-state index in [9.17, 15) is 15.0 Å². The maximum Gasteiger partial charge on any atom is 0.514 e. The number of hydrogen-bond acceptors (Lipinski definition) is 5. The summed E-state index contributed by atoms with van der Waals surface area (Å²) in [4.78, 5) is 11.0. The molecule has 108 valence electrons. The molecule has 0 saturated carbocycles. The summed E-state index contributed by atoms with van der Waals surface area (Å²) in [5.74, 6) is 0.302. The number of phenolic OH excluding ortho intramolecular Hbond substituents is 2. The Balaban J connectivity index is 2.08. The van der Waals surface area contributed by atoms with Gasteiger partial charge in [0.2, 0.25) is 0 Å². The van der Waals surface area contributed by atoms with E-state index >= 15 is 0 Å². The van der Waals surface area contributed by atoms with E-state index in [1.807, 2.05) is 6.92 Å². The fourth-order valence-electron chi connectivity index (χ4n) is 2.47. The molecule has 0 aliphatic carbocycles. The Kier molecular flexibility index (Phi) is 2.97. The molecule has 0 spiro atoms. The van der Waals surface area contributed by atoms with Crippen LogP contribution in [0.2, 0.25) is 0 Å². The van der Waals surface area contributed by atoms with Crippen molar-refractivity contribution < 1.29 is 24.5 Å². The molecular formula is C16H14O5. The van der Waals surface area contributed by atoms with Crippen molar-refractivity contribution in [3.63, 3.8) is 0 Å². The van der Waals surface area contributed by atoms with Gasteiger partial charge in [0.05, 0.1) is 5.41 Å². The highest BCUT2D eigenvalue weighted by Crippen LogP contribution is 2.41. The Morgan fingerprint density at radius 1 is 0.857 bits per heavy atom. The van der Waals surface area contributed by atoms with Crippen molar-refractivity contribution in [2.75, 3.05) is 0 Å². The second kappa shape index (κ2) is 4.70. The molecule has 0 unspecified atom stereocenters. The van der Waals surface area contributed by atoms with Gasteiger partial charge in [0.15, 0.2) is 0 Å². The molecule has 2 N–H and O–H groups in total. The molecule has 3 rings (SSSR count). The predicted octanol–water partition coefficient (Wildman–Crippen LogP) is 2.90. The monoisotopic (exact) mass is 286 g/mol. The number of carbonyl (C=O) groups is 1. The molecule has 1 aliphatic rings. The minimum absolute atomic E-state index is 0.151. The zero-order chi connectivity index (χ0) is 15.0. The first kappa shape index (κ1) is 13.3. The van der Waals surface area contributed by atoms with Crippen LogP contribution < -0.4 is 0 Å². The minimum Gasteiger partial charge on any atom is -0.508 e. The molecule has 1 saturated heterocycles. The average Bonchev–Trinajstić information content (AvgIpc) is 2.45. The summed E-state index contributed by atoms with van der Waals surface area (Å²) in [6.45, 7) is 1.88. The first-order valence-corrected chi connectivity index (χ1v) is 6.46. The zero-order valence-corrected chi connectivity index (χ0v) is 11.3. The molecule has 1 aliphatic heterocycles. The van der Waals surface area contributed by atoms with Gasteiger partial charge in [0, 0.05) is 0 Å². The van der Waals surface area contributed by atoms with Gasteiger partial charge in [-0.3, -0.25) is 0 Å². The first-order chi connectivity index (χ1) is 10.00. The average molecular weight is 286 g/mol. The second-order valence-corrected chi connectivity index (χ2v) is 5.11. The van der Waals surface area contributed by atoms with E-state index in [4.69, 9.17) is 9.47 Å². The highest BCUT2D eigenvalue weighted by molar-refractivity contribution is 5.65. The number of ether oxygens (including phenoxy) is 2. The van der Waals surface area contributed by atoms with Gasteiger partial charge in [0.25, 0.3) is 6.29 Å². The molecule has 0 atom stereocenters. The van der Waals surface area contributed by atoms with Gasteiger partial charge in [-0.15, -0.1) is 0 Å². The Bertz CT molecular complexity index is 607. The molecular weight excluding hydrogens is 272 g/mol. The molecule has 0 bridgehead atoms. The Labute approximate surface area is 121 Å². The molecule has 0 aromatic heterocycles. The largest absolute Gasteiger partial charge is 0.514 e. The number of aromatic hydroxyl groups is 2. The van der Waals surface area contributed by atoms with E-state index in [0.717, 1.165) is 11.1 Å². The molecule has 2 aromatic rings. The number of benzene rings is 2. The summed E-state index contributed by atoms with van der Waals surface area (Å²) >= 11 is 0. The fourth-order valence-corrected chi connectivity index (χ4v) is 2.47. The van der Waals surface area contributed by atoms with Crippen molar-refractivity contribution in [2.24, 2.45) is 0 Å². The summed E-state index contributed by atoms with van der Waals surface area (Å²) in [5, 5.41) is 18.9. The van der Waals surface area contributed by atoms with Crippen LogP contribution in [0.1, 0.15) is 18.1 Å². The van der Waals surface area contributed by atoms with E-state index in [1.54, 1.807) is 48.5 Å². The van der Waals surface area contributed by atoms with Gasteiger partial charge < -0.3 is 19.7 Å². The van der Waals surface area contributed by atoms with Gasteiger partial charge in [-0.1, -0.05) is 24.3 Å². The van der Waals surface area contributed by atoms with Crippen LogP contribution >= 0.6 is 0 Å². The lowest BCUT2D eigenvalue weighted by molar-refractivity contribution is -0.207. The number of hydrogen-bond donors (Lipinski definition) is 2. The van der Waals surface area contributed by atoms with Gasteiger partial charge in [-0.25, -0.2) is 4.79 Å². The molecule has 2 aromatic carbocycles. The highest BCUT2D eigenvalue weighted by atomic mass is 16.9. The Morgan fingerprint density at radius 3 is 1.57 bits per heavy atom. The van der Waals surface area contributed by atoms with E-state index in [2.05, 4.69) is 0 Å². The van der Waals surface area contributed by atoms with Crippen LogP contribution in [0.3, 0.4) is 0 Å². The summed E-state index contributed by atoms with van der Waals surface area (Å²) < 4.78 is 10.2. The normalized spacial score (nSPS) is 15.0. The summed E-state index contributed by atoms with van der Waals surface area (Å²) in [5.41, 5.74) is 0.905. The lowest BCUT2D eigenvalue weighted by atomic mass is 9.75. The van der Waals surface area contributed by atoms with E-state index in [-0.39, 0.29) is 11.5 Å². The highest BCUT2D eigenvalue weighted by Gasteiger charge is 2.49. The van der Waals surface area contributed by atoms with Crippen LogP contribution in [0, 0.1) is 0 Å². The van der Waals surface area contributed by atoms with Crippen LogP contribution in [0.4, 0.5) is 4.79 Å². The van der Waals surface area contributed by atoms with Crippen molar-refractivity contribution in [3.05, 3.63) is 59.7 Å². The van der Waals surface area contributed by atoms with E-state index in [0.29, 0.717) is 0 Å². The van der Waals surface area contributed by atoms with Crippen molar-refractivity contribution in [2.45, 2.75) is 18.6 Å². The summed E-state index contributed by atoms with van der Waals surface area (Å²) in [6, 6.07) is 13.2. The molecule has 0 amide bonds. The van der Waals surface area contributed by atoms with Crippen molar-refractivity contribution >= 4 is 6.16 Å². The number of cyclic esters (lactones) is 2. The predicted molar refractivity (Wildman–Crippen MR) is 74.0 cm³/mol. The van der Waals surface area contributed by atoms with Crippen molar-refractivity contribution in [3.8, 4) is 11.5 Å². The molecule has 21 heavy (non-hydrogen) atoms.